The van der Waals surface area contributed by atoms with Gasteiger partial charge in [0, 0.05) is 6.54 Å². The summed E-state index contributed by atoms with van der Waals surface area (Å²) in [6, 6.07) is 6.68. The number of nitrogens with zero attached hydrogens (tertiary/aromatic N) is 4. The number of aliphatic hydroxyl groups excluding tert-OH is 2. The number of nitrogens with one attached hydrogen (secondary N) is 1. The number of rotatable bonds is 7. The quantitative estimate of drug-likeness (QED) is 0.178. The number of ether oxygens (including phenoxy) is 1. The maximum absolute atomic E-state index is 10.7. The Balaban J connectivity index is 0.00000193. The van der Waals surface area contributed by atoms with E-state index >= 15 is 0 Å². The predicted molar refractivity (Wildman–Crippen MR) is 100 cm³/mol. The second-order valence-corrected chi connectivity index (χ2v) is 8.01. The molecule has 0 amide bonds. The van der Waals surface area contributed by atoms with Gasteiger partial charge in [-0.25, -0.2) is 15.0 Å². The van der Waals surface area contributed by atoms with Crippen molar-refractivity contribution in [3.63, 3.8) is 0 Å². The zero-order valence-corrected chi connectivity index (χ0v) is 22.7. The van der Waals surface area contributed by atoms with Crippen molar-refractivity contribution in [1.29, 1.82) is 0 Å². The average Bonchev–Trinajstić information content (AvgIpc) is 3.26. The number of anilines is 1. The normalized spacial score (nSPS) is 22.5. The number of phenolic OH excluding ortho intramolecular Hbond substituents is 1. The first kappa shape index (κ1) is 28.6. The number of hydrogen-bond donors (Lipinski definition) is 4. The molecule has 33 heavy (non-hydrogen) atoms. The molecule has 1 aromatic carbocycles. The van der Waals surface area contributed by atoms with E-state index in [9.17, 15) is 29.7 Å². The van der Waals surface area contributed by atoms with Crippen LogP contribution in [0.15, 0.2) is 36.9 Å². The minimum Gasteiger partial charge on any atom is -0.790 e. The van der Waals surface area contributed by atoms with Gasteiger partial charge in [-0.2, -0.15) is 0 Å². The summed E-state index contributed by atoms with van der Waals surface area (Å²) in [7, 11) is -5.26. The largest absolute Gasteiger partial charge is 1.00 e. The fraction of sp³-hybridized carbons (Fsp3) is 0.353. The van der Waals surface area contributed by atoms with Gasteiger partial charge in [-0.05, 0) is 17.7 Å². The molecule has 0 bridgehead atoms. The van der Waals surface area contributed by atoms with Gasteiger partial charge in [-0.15, -0.1) is 0 Å². The summed E-state index contributed by atoms with van der Waals surface area (Å²) in [6.45, 7) is -0.393. The molecular weight excluding hydrogens is 479 g/mol. The van der Waals surface area contributed by atoms with Crippen molar-refractivity contribution < 1.29 is 98.0 Å². The number of aromatic hydroxyl groups is 1. The molecule has 1 aliphatic rings. The summed E-state index contributed by atoms with van der Waals surface area (Å²) in [5.41, 5.74) is 1.45. The van der Waals surface area contributed by atoms with Crippen LogP contribution in [0.4, 0.5) is 5.82 Å². The Morgan fingerprint density at radius 3 is 2.64 bits per heavy atom. The topological polar surface area (TPSA) is 198 Å². The summed E-state index contributed by atoms with van der Waals surface area (Å²) in [6.07, 6.45) is -2.76. The predicted octanol–water partition coefficient (Wildman–Crippen LogP) is -7.38. The van der Waals surface area contributed by atoms with Crippen LogP contribution in [0.5, 0.6) is 5.75 Å². The van der Waals surface area contributed by atoms with Crippen LogP contribution < -0.4 is 74.2 Å². The molecule has 0 unspecified atom stereocenters. The number of fused-ring (bicyclic) bond motifs is 1. The Hall–Kier alpha value is -0.640. The van der Waals surface area contributed by atoms with Crippen molar-refractivity contribution in [1.82, 2.24) is 19.5 Å². The number of phenols is 1. The van der Waals surface area contributed by atoms with Crippen molar-refractivity contribution in [2.24, 2.45) is 0 Å². The van der Waals surface area contributed by atoms with Gasteiger partial charge in [0.25, 0.3) is 0 Å². The molecule has 1 aliphatic heterocycles. The smallest absolute Gasteiger partial charge is 0.790 e. The molecule has 0 saturated carbocycles. The van der Waals surface area contributed by atoms with Crippen LogP contribution in [-0.2, 0) is 20.4 Å². The maximum atomic E-state index is 10.7. The molecule has 3 heterocycles. The second kappa shape index (κ2) is 11.9. The Kier molecular flexibility index (Phi) is 10.3. The molecule has 13 nitrogen and oxygen atoms in total. The fourth-order valence-corrected chi connectivity index (χ4v) is 3.61. The van der Waals surface area contributed by atoms with Crippen LogP contribution in [-0.4, -0.2) is 59.8 Å². The molecule has 0 spiro atoms. The molecule has 166 valence electrons. The number of aliphatic hydroxyl groups is 2. The molecule has 0 radical (unpaired) electrons. The van der Waals surface area contributed by atoms with E-state index in [-0.39, 0.29) is 70.5 Å². The van der Waals surface area contributed by atoms with Crippen LogP contribution in [0, 0.1) is 0 Å². The first-order valence-corrected chi connectivity index (χ1v) is 10.6. The first-order chi connectivity index (χ1) is 14.7. The van der Waals surface area contributed by atoms with Crippen LogP contribution in [0.3, 0.4) is 0 Å². The van der Waals surface area contributed by atoms with E-state index in [0.29, 0.717) is 17.9 Å². The minimum atomic E-state index is -5.26. The van der Waals surface area contributed by atoms with Crippen molar-refractivity contribution in [3.05, 3.63) is 42.5 Å². The Labute approximate surface area is 232 Å². The number of aromatic nitrogens is 4. The third-order valence-corrected chi connectivity index (χ3v) is 5.20. The van der Waals surface area contributed by atoms with Gasteiger partial charge in [0.05, 0.1) is 20.8 Å². The van der Waals surface area contributed by atoms with E-state index < -0.39 is 39.0 Å². The summed E-state index contributed by atoms with van der Waals surface area (Å²) in [5.74, 6) is 0.518. The molecule has 2 aromatic heterocycles. The van der Waals surface area contributed by atoms with Gasteiger partial charge < -0.3 is 44.2 Å². The molecule has 16 heteroatoms. The molecular formula is C17H18N5Na2O8P. The van der Waals surface area contributed by atoms with E-state index in [4.69, 9.17) is 4.74 Å². The van der Waals surface area contributed by atoms with Crippen LogP contribution in [0.1, 0.15) is 11.8 Å². The Bertz CT molecular complexity index is 1130. The van der Waals surface area contributed by atoms with Gasteiger partial charge in [0.2, 0.25) is 0 Å². The number of imidazole rings is 1. The summed E-state index contributed by atoms with van der Waals surface area (Å²) in [5, 5.41) is 33.1. The average molecular weight is 497 g/mol. The van der Waals surface area contributed by atoms with Crippen LogP contribution >= 0.6 is 7.82 Å². The summed E-state index contributed by atoms with van der Waals surface area (Å²) < 4.78 is 21.7. The summed E-state index contributed by atoms with van der Waals surface area (Å²) >= 11 is 0. The minimum absolute atomic E-state index is 0. The molecule has 3 aromatic rings. The van der Waals surface area contributed by atoms with Crippen LogP contribution in [0.2, 0.25) is 0 Å². The standard InChI is InChI=1S/C17H20N5O8P.2Na/c23-10-3-1-2-9(4-10)5-18-15-12-16(20-7-19-15)22(8-21-12)17-14(25)13(24)11(30-17)6-29-31(26,27)28;;/h1-4,7-8,11,13-14,17,23-25H,5-6H2,(H,18,19,20)(H2,26,27,28);;/q;2*+1/p-2/t11-,13+,14+,17-;;/m1../s1. The Morgan fingerprint density at radius 1 is 1.18 bits per heavy atom. The van der Waals surface area contributed by atoms with Crippen molar-refractivity contribution >= 4 is 24.8 Å². The monoisotopic (exact) mass is 497 g/mol. The van der Waals surface area contributed by atoms with Gasteiger partial charge in [0.15, 0.2) is 23.2 Å². The van der Waals surface area contributed by atoms with Gasteiger partial charge in [-0.3, -0.25) is 4.57 Å². The van der Waals surface area contributed by atoms with E-state index in [1.807, 2.05) is 6.07 Å². The molecule has 1 saturated heterocycles. The van der Waals surface area contributed by atoms with E-state index in [1.54, 1.807) is 18.2 Å². The molecule has 4 N–H and O–H groups in total. The molecule has 4 rings (SSSR count). The van der Waals surface area contributed by atoms with E-state index in [1.165, 1.54) is 17.2 Å². The second-order valence-electron chi connectivity index (χ2n) is 6.86. The number of phosphoric ester groups is 1. The third kappa shape index (κ3) is 6.73. The number of hydrogen-bond acceptors (Lipinski definition) is 12. The van der Waals surface area contributed by atoms with Gasteiger partial charge in [0.1, 0.15) is 30.4 Å². The number of benzene rings is 1. The SMILES string of the molecule is O=P([O-])([O-])OC[C@H]1O[C@@H](n2cnc3c(NCc4cccc(O)c4)ncnc32)[C@@H](O)[C@H]1O.[Na+].[Na+]. The van der Waals surface area contributed by atoms with Gasteiger partial charge in [-0.1, -0.05) is 12.1 Å². The zero-order chi connectivity index (χ0) is 22.2. The van der Waals surface area contributed by atoms with Crippen molar-refractivity contribution in [2.45, 2.75) is 31.1 Å². The van der Waals surface area contributed by atoms with Crippen molar-refractivity contribution in [2.75, 3.05) is 11.9 Å². The van der Waals surface area contributed by atoms with E-state index in [2.05, 4.69) is 24.8 Å². The zero-order valence-electron chi connectivity index (χ0n) is 17.8. The fourth-order valence-electron chi connectivity index (χ4n) is 3.28. The van der Waals surface area contributed by atoms with E-state index in [0.717, 1.165) is 5.56 Å². The van der Waals surface area contributed by atoms with Crippen LogP contribution in [0.25, 0.3) is 11.2 Å². The molecule has 0 aliphatic carbocycles. The van der Waals surface area contributed by atoms with Crippen molar-refractivity contribution in [3.8, 4) is 5.75 Å². The molecule has 1 fully saturated rings. The third-order valence-electron chi connectivity index (χ3n) is 4.74. The van der Waals surface area contributed by atoms with Gasteiger partial charge >= 0.3 is 59.1 Å². The molecule has 4 atom stereocenters. The number of phosphoric acid groups is 1. The first-order valence-electron chi connectivity index (χ1n) is 9.10. The Morgan fingerprint density at radius 2 is 1.94 bits per heavy atom. The maximum Gasteiger partial charge on any atom is 1.00 e. The summed E-state index contributed by atoms with van der Waals surface area (Å²) in [4.78, 5) is 33.9.